The van der Waals surface area contributed by atoms with Crippen LogP contribution < -0.4 is 4.74 Å². The van der Waals surface area contributed by atoms with Crippen molar-refractivity contribution < 1.29 is 14.6 Å². The van der Waals surface area contributed by atoms with Crippen molar-refractivity contribution in [1.29, 1.82) is 0 Å². The van der Waals surface area contributed by atoms with E-state index in [2.05, 4.69) is 4.90 Å². The summed E-state index contributed by atoms with van der Waals surface area (Å²) < 4.78 is 5.15. The van der Waals surface area contributed by atoms with E-state index < -0.39 is 0 Å². The average molecular weight is 332 g/mol. The Bertz CT molecular complexity index is 538. The molecule has 132 valence electrons. The number of ether oxygens (including phenoxy) is 1. The third-order valence-electron chi connectivity index (χ3n) is 5.37. The van der Waals surface area contributed by atoms with Crippen molar-refractivity contribution in [2.75, 3.05) is 33.3 Å². The molecule has 1 saturated heterocycles. The lowest BCUT2D eigenvalue weighted by atomic mass is 10.1. The minimum absolute atomic E-state index is 0.178. The van der Waals surface area contributed by atoms with E-state index in [0.29, 0.717) is 12.5 Å². The Hall–Kier alpha value is -1.59. The molecule has 0 radical (unpaired) electrons. The number of aliphatic hydroxyl groups is 1. The number of hydrogen-bond donors (Lipinski definition) is 1. The summed E-state index contributed by atoms with van der Waals surface area (Å²) in [6.07, 6.45) is 4.27. The highest BCUT2D eigenvalue weighted by molar-refractivity contribution is 5.76. The van der Waals surface area contributed by atoms with Crippen LogP contribution in [0.5, 0.6) is 5.75 Å². The Morgan fingerprint density at radius 3 is 2.46 bits per heavy atom. The van der Waals surface area contributed by atoms with E-state index >= 15 is 0 Å². The predicted octanol–water partition coefficient (Wildman–Crippen LogP) is 1.69. The monoisotopic (exact) mass is 332 g/mol. The van der Waals surface area contributed by atoms with Gasteiger partial charge in [-0.3, -0.25) is 9.69 Å². The second-order valence-electron chi connectivity index (χ2n) is 6.83. The van der Waals surface area contributed by atoms with Gasteiger partial charge in [-0.25, -0.2) is 0 Å². The lowest BCUT2D eigenvalue weighted by Gasteiger charge is -2.39. The molecule has 24 heavy (non-hydrogen) atoms. The number of amides is 1. The summed E-state index contributed by atoms with van der Waals surface area (Å²) in [6, 6.07) is 8.22. The second-order valence-corrected chi connectivity index (χ2v) is 6.83. The second kappa shape index (κ2) is 7.99. The number of carbonyl (C=O) groups is 1. The summed E-state index contributed by atoms with van der Waals surface area (Å²) in [7, 11) is 1.66. The molecular weight excluding hydrogens is 304 g/mol. The number of rotatable bonds is 5. The molecule has 5 heteroatoms. The van der Waals surface area contributed by atoms with Gasteiger partial charge in [0.15, 0.2) is 0 Å². The molecule has 1 heterocycles. The normalized spacial score (nSPS) is 25.0. The van der Waals surface area contributed by atoms with Crippen molar-refractivity contribution in [2.45, 2.75) is 44.2 Å². The third-order valence-corrected chi connectivity index (χ3v) is 5.37. The number of aryl methyl sites for hydroxylation is 1. The molecule has 0 spiro atoms. The van der Waals surface area contributed by atoms with Crippen LogP contribution in [0.2, 0.25) is 0 Å². The maximum Gasteiger partial charge on any atom is 0.222 e. The van der Waals surface area contributed by atoms with E-state index in [4.69, 9.17) is 4.74 Å². The SMILES string of the molecule is COc1ccc(CCC(=O)N2CCN(C3CCCC3O)CC2)cc1. The largest absolute Gasteiger partial charge is 0.497 e. The predicted molar refractivity (Wildman–Crippen MR) is 93.1 cm³/mol. The molecule has 3 rings (SSSR count). The molecular formula is C19H28N2O3. The molecule has 1 aromatic rings. The van der Waals surface area contributed by atoms with Gasteiger partial charge in [0.05, 0.1) is 13.2 Å². The van der Waals surface area contributed by atoms with Crippen LogP contribution in [-0.4, -0.2) is 66.2 Å². The summed E-state index contributed by atoms with van der Waals surface area (Å²) in [5.41, 5.74) is 1.16. The maximum atomic E-state index is 12.4. The van der Waals surface area contributed by atoms with E-state index in [0.717, 1.165) is 63.2 Å². The van der Waals surface area contributed by atoms with Gasteiger partial charge in [-0.15, -0.1) is 0 Å². The Kier molecular flexibility index (Phi) is 5.74. The number of carbonyl (C=O) groups excluding carboxylic acids is 1. The van der Waals surface area contributed by atoms with Crippen molar-refractivity contribution in [3.8, 4) is 5.75 Å². The maximum absolute atomic E-state index is 12.4. The van der Waals surface area contributed by atoms with Crippen LogP contribution in [0.1, 0.15) is 31.2 Å². The van der Waals surface area contributed by atoms with Crippen LogP contribution in [-0.2, 0) is 11.2 Å². The number of benzene rings is 1. The van der Waals surface area contributed by atoms with Gasteiger partial charge in [0.1, 0.15) is 5.75 Å². The molecule has 1 aromatic carbocycles. The molecule has 1 amide bonds. The van der Waals surface area contributed by atoms with E-state index in [-0.39, 0.29) is 12.0 Å². The minimum Gasteiger partial charge on any atom is -0.497 e. The van der Waals surface area contributed by atoms with Crippen molar-refractivity contribution >= 4 is 5.91 Å². The molecule has 2 fully saturated rings. The molecule has 1 saturated carbocycles. The zero-order chi connectivity index (χ0) is 16.9. The summed E-state index contributed by atoms with van der Waals surface area (Å²) >= 11 is 0. The van der Waals surface area contributed by atoms with Crippen LogP contribution in [0.15, 0.2) is 24.3 Å². The van der Waals surface area contributed by atoms with Crippen molar-refractivity contribution in [3.63, 3.8) is 0 Å². The van der Waals surface area contributed by atoms with Gasteiger partial charge >= 0.3 is 0 Å². The smallest absolute Gasteiger partial charge is 0.222 e. The number of piperazine rings is 1. The lowest BCUT2D eigenvalue weighted by molar-refractivity contribution is -0.133. The summed E-state index contributed by atoms with van der Waals surface area (Å²) in [5.74, 6) is 1.08. The lowest BCUT2D eigenvalue weighted by Crippen LogP contribution is -2.53. The zero-order valence-electron chi connectivity index (χ0n) is 14.5. The molecule has 0 aromatic heterocycles. The van der Waals surface area contributed by atoms with E-state index in [1.165, 1.54) is 0 Å². The fraction of sp³-hybridized carbons (Fsp3) is 0.632. The average Bonchev–Trinajstić information content (AvgIpc) is 3.06. The first-order valence-corrected chi connectivity index (χ1v) is 9.00. The van der Waals surface area contributed by atoms with Crippen LogP contribution >= 0.6 is 0 Å². The number of aliphatic hydroxyl groups excluding tert-OH is 1. The Morgan fingerprint density at radius 1 is 1.17 bits per heavy atom. The standard InChI is InChI=1S/C19H28N2O3/c1-24-16-8-5-15(6-9-16)7-10-19(23)21-13-11-20(12-14-21)17-3-2-4-18(17)22/h5-6,8-9,17-18,22H,2-4,7,10-14H2,1H3. The fourth-order valence-electron chi connectivity index (χ4n) is 3.85. The quantitative estimate of drug-likeness (QED) is 0.891. The fourth-order valence-corrected chi connectivity index (χ4v) is 3.85. The van der Waals surface area contributed by atoms with Crippen LogP contribution in [0, 0.1) is 0 Å². The van der Waals surface area contributed by atoms with Gasteiger partial charge in [0.2, 0.25) is 5.91 Å². The molecule has 0 bridgehead atoms. The topological polar surface area (TPSA) is 53.0 Å². The van der Waals surface area contributed by atoms with Gasteiger partial charge in [0.25, 0.3) is 0 Å². The van der Waals surface area contributed by atoms with E-state index in [1.54, 1.807) is 7.11 Å². The molecule has 2 atom stereocenters. The first kappa shape index (κ1) is 17.2. The summed E-state index contributed by atoms with van der Waals surface area (Å²) in [4.78, 5) is 16.8. The van der Waals surface area contributed by atoms with Gasteiger partial charge in [-0.1, -0.05) is 12.1 Å². The van der Waals surface area contributed by atoms with Crippen LogP contribution in [0.4, 0.5) is 0 Å². The third kappa shape index (κ3) is 4.08. The van der Waals surface area contributed by atoms with Crippen molar-refractivity contribution in [1.82, 2.24) is 9.80 Å². The van der Waals surface area contributed by atoms with E-state index in [9.17, 15) is 9.90 Å². The summed E-state index contributed by atoms with van der Waals surface area (Å²) in [6.45, 7) is 3.33. The molecule has 1 aliphatic heterocycles. The summed E-state index contributed by atoms with van der Waals surface area (Å²) in [5, 5.41) is 10.0. The Balaban J connectivity index is 1.43. The molecule has 1 N–H and O–H groups in total. The Morgan fingerprint density at radius 2 is 1.88 bits per heavy atom. The van der Waals surface area contributed by atoms with Gasteiger partial charge in [-0.2, -0.15) is 0 Å². The minimum atomic E-state index is -0.178. The highest BCUT2D eigenvalue weighted by Crippen LogP contribution is 2.25. The number of hydrogen-bond acceptors (Lipinski definition) is 4. The van der Waals surface area contributed by atoms with Gasteiger partial charge < -0.3 is 14.7 Å². The number of methoxy groups -OCH3 is 1. The van der Waals surface area contributed by atoms with Crippen molar-refractivity contribution in [3.05, 3.63) is 29.8 Å². The Labute approximate surface area is 144 Å². The van der Waals surface area contributed by atoms with Crippen LogP contribution in [0.25, 0.3) is 0 Å². The van der Waals surface area contributed by atoms with Gasteiger partial charge in [0, 0.05) is 38.6 Å². The van der Waals surface area contributed by atoms with Crippen LogP contribution in [0.3, 0.4) is 0 Å². The first-order chi connectivity index (χ1) is 11.7. The van der Waals surface area contributed by atoms with Gasteiger partial charge in [-0.05, 0) is 43.4 Å². The molecule has 2 unspecified atom stereocenters. The highest BCUT2D eigenvalue weighted by Gasteiger charge is 2.33. The zero-order valence-corrected chi connectivity index (χ0v) is 14.5. The molecule has 1 aliphatic carbocycles. The van der Waals surface area contributed by atoms with E-state index in [1.807, 2.05) is 29.2 Å². The number of nitrogens with zero attached hydrogens (tertiary/aromatic N) is 2. The van der Waals surface area contributed by atoms with Crippen molar-refractivity contribution in [2.24, 2.45) is 0 Å². The first-order valence-electron chi connectivity index (χ1n) is 9.00. The molecule has 2 aliphatic rings. The highest BCUT2D eigenvalue weighted by atomic mass is 16.5. The molecule has 5 nitrogen and oxygen atoms in total.